The standard InChI is InChI=1S/C25H28ClN5O2/c1-5-18-12-21(25(33)31(6-2)24(18)30-17(4)28-10-7-11-32)20-9-8-19(13-22(20)26)23-15-27-14-16(3)29-23/h5,8-9,12-15,28,32H,4,6-7,10-11H2,1-3H3/b18-5-,30-24+. The minimum Gasteiger partial charge on any atom is -0.396 e. The molecule has 0 atom stereocenters. The molecular formula is C25H28ClN5O2. The van der Waals surface area contributed by atoms with Gasteiger partial charge in [0.2, 0.25) is 0 Å². The summed E-state index contributed by atoms with van der Waals surface area (Å²) in [6.07, 6.45) is 7.67. The van der Waals surface area contributed by atoms with Crippen LogP contribution in [0, 0.1) is 6.92 Å². The van der Waals surface area contributed by atoms with E-state index < -0.39 is 0 Å². The number of carbonyl (C=O) groups is 1. The highest BCUT2D eigenvalue weighted by Crippen LogP contribution is 2.33. The van der Waals surface area contributed by atoms with Crippen LogP contribution in [-0.4, -0.2) is 51.4 Å². The topological polar surface area (TPSA) is 90.7 Å². The molecule has 1 aliphatic heterocycles. The first-order valence-corrected chi connectivity index (χ1v) is 11.2. The highest BCUT2D eigenvalue weighted by atomic mass is 35.5. The second-order valence-electron chi connectivity index (χ2n) is 7.48. The number of amidine groups is 1. The number of hydrogen-bond acceptors (Lipinski definition) is 6. The van der Waals surface area contributed by atoms with Gasteiger partial charge in [0.25, 0.3) is 5.91 Å². The number of likely N-dealkylation sites (N-methyl/N-ethyl adjacent to an activating group) is 1. The Labute approximate surface area is 199 Å². The van der Waals surface area contributed by atoms with Gasteiger partial charge in [-0.25, -0.2) is 9.98 Å². The Morgan fingerprint density at radius 3 is 2.79 bits per heavy atom. The molecule has 0 bridgehead atoms. The number of aromatic nitrogens is 2. The second kappa shape index (κ2) is 11.0. The number of aliphatic imine (C=N–C) groups is 1. The van der Waals surface area contributed by atoms with Crippen LogP contribution in [0.25, 0.3) is 16.8 Å². The molecule has 1 aromatic heterocycles. The van der Waals surface area contributed by atoms with Gasteiger partial charge in [-0.1, -0.05) is 36.4 Å². The van der Waals surface area contributed by atoms with Crippen molar-refractivity contribution in [2.24, 2.45) is 4.99 Å². The summed E-state index contributed by atoms with van der Waals surface area (Å²) in [6, 6.07) is 5.53. The van der Waals surface area contributed by atoms with Crippen molar-refractivity contribution in [2.75, 3.05) is 19.7 Å². The molecule has 3 rings (SSSR count). The van der Waals surface area contributed by atoms with Gasteiger partial charge in [0, 0.05) is 53.2 Å². The summed E-state index contributed by atoms with van der Waals surface area (Å²) in [7, 11) is 0. The highest BCUT2D eigenvalue weighted by molar-refractivity contribution is 6.37. The zero-order valence-corrected chi connectivity index (χ0v) is 19.9. The van der Waals surface area contributed by atoms with E-state index in [1.165, 1.54) is 0 Å². The van der Waals surface area contributed by atoms with E-state index in [0.29, 0.717) is 47.3 Å². The Kier molecular flexibility index (Phi) is 8.14. The van der Waals surface area contributed by atoms with Gasteiger partial charge in [-0.15, -0.1) is 0 Å². The van der Waals surface area contributed by atoms with Crippen LogP contribution in [0.4, 0.5) is 0 Å². The van der Waals surface area contributed by atoms with Gasteiger partial charge in [0.15, 0.2) is 0 Å². The maximum Gasteiger partial charge on any atom is 0.260 e. The van der Waals surface area contributed by atoms with Crippen molar-refractivity contribution >= 4 is 28.9 Å². The Hall–Kier alpha value is -3.29. The molecule has 172 valence electrons. The van der Waals surface area contributed by atoms with Gasteiger partial charge in [-0.3, -0.25) is 14.7 Å². The number of amides is 1. The molecule has 1 amide bonds. The number of rotatable bonds is 8. The van der Waals surface area contributed by atoms with E-state index in [4.69, 9.17) is 16.7 Å². The Balaban J connectivity index is 1.98. The third kappa shape index (κ3) is 5.56. The summed E-state index contributed by atoms with van der Waals surface area (Å²) in [4.78, 5) is 28.2. The summed E-state index contributed by atoms with van der Waals surface area (Å²) in [5, 5.41) is 12.5. The molecule has 0 fully saturated rings. The first-order chi connectivity index (χ1) is 15.9. The molecule has 2 N–H and O–H groups in total. The van der Waals surface area contributed by atoms with E-state index in [2.05, 4.69) is 26.9 Å². The van der Waals surface area contributed by atoms with Gasteiger partial charge >= 0.3 is 0 Å². The third-order valence-corrected chi connectivity index (χ3v) is 5.44. The van der Waals surface area contributed by atoms with Gasteiger partial charge < -0.3 is 10.4 Å². The van der Waals surface area contributed by atoms with Crippen LogP contribution >= 0.6 is 11.6 Å². The fourth-order valence-corrected chi connectivity index (χ4v) is 3.76. The molecule has 0 unspecified atom stereocenters. The number of hydrogen-bond donors (Lipinski definition) is 2. The predicted octanol–water partition coefficient (Wildman–Crippen LogP) is 4.14. The van der Waals surface area contributed by atoms with Gasteiger partial charge in [-0.05, 0) is 39.3 Å². The molecule has 0 saturated heterocycles. The normalized spacial score (nSPS) is 16.3. The number of carbonyl (C=O) groups excluding carboxylic acids is 1. The van der Waals surface area contributed by atoms with Crippen LogP contribution in [0.2, 0.25) is 5.02 Å². The Morgan fingerprint density at radius 2 is 2.15 bits per heavy atom. The number of aryl methyl sites for hydroxylation is 1. The molecule has 0 aliphatic carbocycles. The van der Waals surface area contributed by atoms with Crippen LogP contribution in [0.15, 0.2) is 65.7 Å². The smallest absolute Gasteiger partial charge is 0.260 e. The fraction of sp³-hybridized carbons (Fsp3) is 0.280. The molecule has 8 heteroatoms. The largest absolute Gasteiger partial charge is 0.396 e. The van der Waals surface area contributed by atoms with Gasteiger partial charge in [0.1, 0.15) is 11.7 Å². The molecule has 0 radical (unpaired) electrons. The van der Waals surface area contributed by atoms with E-state index in [-0.39, 0.29) is 12.5 Å². The molecule has 2 heterocycles. The number of aliphatic hydroxyl groups excluding tert-OH is 1. The van der Waals surface area contributed by atoms with Crippen molar-refractivity contribution in [3.05, 3.63) is 77.0 Å². The molecule has 7 nitrogen and oxygen atoms in total. The lowest BCUT2D eigenvalue weighted by atomic mass is 9.95. The van der Waals surface area contributed by atoms with Crippen molar-refractivity contribution < 1.29 is 9.90 Å². The van der Waals surface area contributed by atoms with E-state index in [1.54, 1.807) is 23.4 Å². The van der Waals surface area contributed by atoms with Crippen LogP contribution in [0.3, 0.4) is 0 Å². The minimum atomic E-state index is -0.185. The van der Waals surface area contributed by atoms with E-state index >= 15 is 0 Å². The van der Waals surface area contributed by atoms with Crippen molar-refractivity contribution in [1.82, 2.24) is 20.2 Å². The summed E-state index contributed by atoms with van der Waals surface area (Å²) >= 11 is 6.64. The number of allylic oxidation sites excluding steroid dienone is 1. The van der Waals surface area contributed by atoms with Gasteiger partial charge in [0.05, 0.1) is 17.6 Å². The van der Waals surface area contributed by atoms with Crippen LogP contribution < -0.4 is 5.32 Å². The fourth-order valence-electron chi connectivity index (χ4n) is 3.48. The van der Waals surface area contributed by atoms with Crippen molar-refractivity contribution in [1.29, 1.82) is 0 Å². The number of halogens is 1. The molecule has 1 aliphatic rings. The van der Waals surface area contributed by atoms with E-state index in [9.17, 15) is 4.79 Å². The maximum absolute atomic E-state index is 13.4. The SMILES string of the molecule is C=C(/N=C1\C(=C/C)C=C(c2ccc(-c3cncc(C)n3)cc2Cl)C(=O)N1CC)NCCCO. The minimum absolute atomic E-state index is 0.0820. The van der Waals surface area contributed by atoms with Gasteiger partial charge in [-0.2, -0.15) is 0 Å². The first-order valence-electron chi connectivity index (χ1n) is 10.8. The summed E-state index contributed by atoms with van der Waals surface area (Å²) in [6.45, 7) is 10.7. The number of aliphatic hydroxyl groups is 1. The molecule has 2 aromatic rings. The quantitative estimate of drug-likeness (QED) is 0.572. The van der Waals surface area contributed by atoms with Crippen molar-refractivity contribution in [3.63, 3.8) is 0 Å². The summed E-state index contributed by atoms with van der Waals surface area (Å²) in [5.74, 6) is 0.774. The average molecular weight is 466 g/mol. The van der Waals surface area contributed by atoms with E-state index in [1.807, 2.05) is 45.1 Å². The van der Waals surface area contributed by atoms with Crippen molar-refractivity contribution in [2.45, 2.75) is 27.2 Å². The lowest BCUT2D eigenvalue weighted by Crippen LogP contribution is -2.41. The lowest BCUT2D eigenvalue weighted by molar-refractivity contribution is -0.121. The Bertz CT molecular complexity index is 1150. The highest BCUT2D eigenvalue weighted by Gasteiger charge is 2.30. The zero-order chi connectivity index (χ0) is 24.0. The lowest BCUT2D eigenvalue weighted by Gasteiger charge is -2.30. The van der Waals surface area contributed by atoms with Crippen molar-refractivity contribution in [3.8, 4) is 11.3 Å². The number of nitrogens with one attached hydrogen (secondary N) is 1. The second-order valence-corrected chi connectivity index (χ2v) is 7.89. The monoisotopic (exact) mass is 465 g/mol. The number of benzene rings is 1. The zero-order valence-electron chi connectivity index (χ0n) is 19.1. The van der Waals surface area contributed by atoms with E-state index in [0.717, 1.165) is 22.5 Å². The maximum atomic E-state index is 13.4. The predicted molar refractivity (Wildman–Crippen MR) is 133 cm³/mol. The first kappa shape index (κ1) is 24.4. The molecule has 1 aromatic carbocycles. The molecule has 33 heavy (non-hydrogen) atoms. The summed E-state index contributed by atoms with van der Waals surface area (Å²) < 4.78 is 0. The third-order valence-electron chi connectivity index (χ3n) is 5.13. The van der Waals surface area contributed by atoms with Crippen LogP contribution in [-0.2, 0) is 4.79 Å². The Morgan fingerprint density at radius 1 is 1.36 bits per heavy atom. The average Bonchev–Trinajstić information content (AvgIpc) is 2.80. The number of nitrogens with zero attached hydrogens (tertiary/aromatic N) is 4. The summed E-state index contributed by atoms with van der Waals surface area (Å²) in [5.41, 5.74) is 4.29. The van der Waals surface area contributed by atoms with Crippen LogP contribution in [0.1, 0.15) is 31.5 Å². The molecule has 0 saturated carbocycles. The van der Waals surface area contributed by atoms with Crippen LogP contribution in [0.5, 0.6) is 0 Å². The molecule has 0 spiro atoms. The molecular weight excluding hydrogens is 438 g/mol.